The molecule has 0 radical (unpaired) electrons. The molecule has 1 aliphatic heterocycles. The molecule has 178 valence electrons. The molecule has 2 aromatic heterocycles. The summed E-state index contributed by atoms with van der Waals surface area (Å²) < 4.78 is 40.3. The van der Waals surface area contributed by atoms with Crippen LogP contribution in [0, 0.1) is 11.6 Å². The van der Waals surface area contributed by atoms with E-state index in [0.717, 1.165) is 24.8 Å². The Kier molecular flexibility index (Phi) is 6.28. The molecule has 1 atom stereocenters. The summed E-state index contributed by atoms with van der Waals surface area (Å²) in [6, 6.07) is 10.7. The smallest absolute Gasteiger partial charge is 0.233 e. The monoisotopic (exact) mass is 477 g/mol. The second-order valence-electron chi connectivity index (χ2n) is 7.99. The van der Waals surface area contributed by atoms with Crippen molar-refractivity contribution in [2.24, 2.45) is 0 Å². The quantitative estimate of drug-likeness (QED) is 0.390. The summed E-state index contributed by atoms with van der Waals surface area (Å²) in [5, 5.41) is 8.41. The van der Waals surface area contributed by atoms with Crippen LogP contribution in [0.25, 0.3) is 22.2 Å². The fourth-order valence-corrected chi connectivity index (χ4v) is 4.17. The molecular weight excluding hydrogens is 456 g/mol. The van der Waals surface area contributed by atoms with Gasteiger partial charge in [0.2, 0.25) is 5.88 Å². The minimum atomic E-state index is -1.09. The van der Waals surface area contributed by atoms with Crippen molar-refractivity contribution in [2.45, 2.75) is 5.92 Å². The van der Waals surface area contributed by atoms with E-state index in [0.29, 0.717) is 36.1 Å². The van der Waals surface area contributed by atoms with E-state index >= 15 is 4.39 Å². The van der Waals surface area contributed by atoms with E-state index in [9.17, 15) is 9.18 Å². The predicted molar refractivity (Wildman–Crippen MR) is 124 cm³/mol. The van der Waals surface area contributed by atoms with E-state index in [1.54, 1.807) is 0 Å². The topological polar surface area (TPSA) is 90.3 Å². The summed E-state index contributed by atoms with van der Waals surface area (Å²) in [7, 11) is 1.43. The summed E-state index contributed by atoms with van der Waals surface area (Å²) in [4.78, 5) is 22.8. The van der Waals surface area contributed by atoms with Gasteiger partial charge >= 0.3 is 0 Å². The molecule has 8 nitrogen and oxygen atoms in total. The van der Waals surface area contributed by atoms with Crippen LogP contribution in [0.2, 0.25) is 0 Å². The first-order valence-corrected chi connectivity index (χ1v) is 11.0. The molecule has 0 N–H and O–H groups in total. The number of carbonyl (C=O) groups is 1. The van der Waals surface area contributed by atoms with Gasteiger partial charge in [-0.1, -0.05) is 0 Å². The van der Waals surface area contributed by atoms with Crippen LogP contribution in [-0.2, 0) is 9.53 Å². The van der Waals surface area contributed by atoms with Crippen LogP contribution in [0.5, 0.6) is 5.88 Å². The first-order chi connectivity index (χ1) is 17.1. The van der Waals surface area contributed by atoms with Crippen LogP contribution in [0.1, 0.15) is 17.2 Å². The van der Waals surface area contributed by atoms with Crippen LogP contribution in [0.4, 0.5) is 14.5 Å². The number of hydrogen-bond donors (Lipinski definition) is 0. The number of benzene rings is 2. The number of methoxy groups -OCH3 is 1. The van der Waals surface area contributed by atoms with E-state index < -0.39 is 17.6 Å². The van der Waals surface area contributed by atoms with Gasteiger partial charge in [-0.25, -0.2) is 18.7 Å². The Bertz CT molecular complexity index is 1380. The van der Waals surface area contributed by atoms with Crippen molar-refractivity contribution >= 4 is 22.9 Å². The zero-order chi connectivity index (χ0) is 24.4. The maximum Gasteiger partial charge on any atom is 0.233 e. The lowest BCUT2D eigenvalue weighted by Gasteiger charge is -2.29. The highest BCUT2D eigenvalue weighted by Crippen LogP contribution is 2.34. The molecule has 1 unspecified atom stereocenters. The number of morpholine rings is 1. The van der Waals surface area contributed by atoms with Gasteiger partial charge in [0, 0.05) is 47.4 Å². The number of aldehydes is 1. The summed E-state index contributed by atoms with van der Waals surface area (Å²) in [6.07, 6.45) is 1.89. The Labute approximate surface area is 199 Å². The minimum absolute atomic E-state index is 0.0347. The van der Waals surface area contributed by atoms with Gasteiger partial charge in [0.05, 0.1) is 43.1 Å². The van der Waals surface area contributed by atoms with E-state index in [1.807, 2.05) is 18.2 Å². The minimum Gasteiger partial charge on any atom is -0.480 e. The van der Waals surface area contributed by atoms with Crippen LogP contribution >= 0.6 is 0 Å². The predicted octanol–water partition coefficient (Wildman–Crippen LogP) is 3.54. The first-order valence-electron chi connectivity index (χ1n) is 11.0. The number of ether oxygens (including phenoxy) is 2. The Morgan fingerprint density at radius 3 is 2.57 bits per heavy atom. The number of aromatic nitrogens is 4. The maximum absolute atomic E-state index is 15.0. The molecule has 0 bridgehead atoms. The molecule has 4 aromatic rings. The third-order valence-electron chi connectivity index (χ3n) is 6.00. The van der Waals surface area contributed by atoms with Crippen LogP contribution in [0.15, 0.2) is 48.8 Å². The molecule has 35 heavy (non-hydrogen) atoms. The fourth-order valence-electron chi connectivity index (χ4n) is 4.17. The Morgan fingerprint density at radius 1 is 1.03 bits per heavy atom. The maximum atomic E-state index is 15.0. The number of carbonyl (C=O) groups excluding carboxylic acids is 1. The SMILES string of the molecule is COc1ccc(C(C=O)c2cc(-c3ncnc4cc(N5CCOCC5)ccc34)c(F)cc2F)nn1. The van der Waals surface area contributed by atoms with Crippen molar-refractivity contribution < 1.29 is 23.0 Å². The summed E-state index contributed by atoms with van der Waals surface area (Å²) in [6.45, 7) is 2.82. The number of hydrogen-bond acceptors (Lipinski definition) is 8. The van der Waals surface area contributed by atoms with Crippen molar-refractivity contribution in [1.82, 2.24) is 20.2 Å². The molecule has 0 saturated carbocycles. The average Bonchev–Trinajstić information content (AvgIpc) is 2.90. The highest BCUT2D eigenvalue weighted by Gasteiger charge is 2.24. The molecule has 1 fully saturated rings. The summed E-state index contributed by atoms with van der Waals surface area (Å²) >= 11 is 0. The van der Waals surface area contributed by atoms with Gasteiger partial charge in [-0.15, -0.1) is 5.10 Å². The van der Waals surface area contributed by atoms with Gasteiger partial charge in [0.25, 0.3) is 0 Å². The van der Waals surface area contributed by atoms with Gasteiger partial charge in [-0.2, -0.15) is 5.10 Å². The van der Waals surface area contributed by atoms with Crippen molar-refractivity contribution in [2.75, 3.05) is 38.3 Å². The summed E-state index contributed by atoms with van der Waals surface area (Å²) in [5.41, 5.74) is 2.13. The average molecular weight is 477 g/mol. The van der Waals surface area contributed by atoms with Gasteiger partial charge in [0.15, 0.2) is 0 Å². The standard InChI is InChI=1S/C25H21F2N5O3/c1-34-24-5-4-22(30-31-24)19(13-33)17-11-18(21(27)12-20(17)26)25-16-3-2-15(10-23(16)28-14-29-25)32-6-8-35-9-7-32/h2-5,10-14,19H,6-9H2,1H3. The highest BCUT2D eigenvalue weighted by molar-refractivity contribution is 5.94. The lowest BCUT2D eigenvalue weighted by molar-refractivity contribution is -0.108. The van der Waals surface area contributed by atoms with Crippen LogP contribution in [-0.4, -0.2) is 59.9 Å². The number of halogens is 2. The first kappa shape index (κ1) is 22.7. The van der Waals surface area contributed by atoms with Crippen molar-refractivity contribution in [3.63, 3.8) is 0 Å². The molecule has 5 rings (SSSR count). The molecule has 1 saturated heterocycles. The van der Waals surface area contributed by atoms with E-state index in [2.05, 4.69) is 25.1 Å². The Morgan fingerprint density at radius 2 is 1.86 bits per heavy atom. The van der Waals surface area contributed by atoms with Gasteiger partial charge in [-0.05, 0) is 30.3 Å². The second kappa shape index (κ2) is 9.67. The van der Waals surface area contributed by atoms with Gasteiger partial charge in [0.1, 0.15) is 24.2 Å². The van der Waals surface area contributed by atoms with Crippen LogP contribution in [0.3, 0.4) is 0 Å². The molecule has 3 heterocycles. The lowest BCUT2D eigenvalue weighted by Crippen LogP contribution is -2.36. The second-order valence-corrected chi connectivity index (χ2v) is 7.99. The van der Waals surface area contributed by atoms with E-state index in [4.69, 9.17) is 9.47 Å². The molecule has 0 amide bonds. The lowest BCUT2D eigenvalue weighted by atomic mass is 9.93. The molecule has 0 aliphatic carbocycles. The Balaban J connectivity index is 1.58. The Hall–Kier alpha value is -4.05. The molecule has 0 spiro atoms. The normalized spacial score (nSPS) is 14.7. The molecule has 1 aliphatic rings. The third kappa shape index (κ3) is 4.40. The van der Waals surface area contributed by atoms with E-state index in [1.165, 1.54) is 31.6 Å². The van der Waals surface area contributed by atoms with E-state index in [-0.39, 0.29) is 22.7 Å². The number of nitrogens with zero attached hydrogens (tertiary/aromatic N) is 5. The van der Waals surface area contributed by atoms with Crippen molar-refractivity contribution in [3.8, 4) is 17.1 Å². The molecule has 10 heteroatoms. The van der Waals surface area contributed by atoms with Crippen molar-refractivity contribution in [1.29, 1.82) is 0 Å². The third-order valence-corrected chi connectivity index (χ3v) is 6.00. The zero-order valence-corrected chi connectivity index (χ0v) is 18.8. The zero-order valence-electron chi connectivity index (χ0n) is 18.8. The largest absolute Gasteiger partial charge is 0.480 e. The van der Waals surface area contributed by atoms with Gasteiger partial charge in [-0.3, -0.25) is 0 Å². The fraction of sp³-hybridized carbons (Fsp3) is 0.240. The van der Waals surface area contributed by atoms with Gasteiger partial charge < -0.3 is 19.2 Å². The number of rotatable bonds is 6. The number of fused-ring (bicyclic) bond motifs is 1. The molecular formula is C25H21F2N5O3. The van der Waals surface area contributed by atoms with Crippen LogP contribution < -0.4 is 9.64 Å². The summed E-state index contributed by atoms with van der Waals surface area (Å²) in [5.74, 6) is -2.50. The van der Waals surface area contributed by atoms with Crippen molar-refractivity contribution in [3.05, 3.63) is 71.7 Å². The molecule has 2 aromatic carbocycles. The number of anilines is 1. The highest BCUT2D eigenvalue weighted by atomic mass is 19.1.